The Morgan fingerprint density at radius 2 is 1.26 bits per heavy atom. The number of nitrogens with zero attached hydrogens (tertiary/aromatic N) is 2. The van der Waals surface area contributed by atoms with E-state index < -0.39 is 44.6 Å². The third-order valence-electron chi connectivity index (χ3n) is 5.33. The Morgan fingerprint density at radius 1 is 0.881 bits per heavy atom. The van der Waals surface area contributed by atoms with Gasteiger partial charge in [0, 0.05) is 11.3 Å². The van der Waals surface area contributed by atoms with E-state index >= 15 is 0 Å². The molecule has 2 amide bonds. The molecule has 0 saturated carbocycles. The number of nitrogens with two attached hydrogens (primary N) is 1. The molecule has 0 fully saturated rings. The van der Waals surface area contributed by atoms with Crippen LogP contribution in [0.5, 0.6) is 0 Å². The molecule has 10 nitrogen and oxygen atoms in total. The molecule has 0 aliphatic carbocycles. The van der Waals surface area contributed by atoms with Crippen LogP contribution in [-0.2, 0) is 19.7 Å². The molecule has 42 heavy (non-hydrogen) atoms. The number of quaternary nitrogens is 2. The number of carbonyl (C=O) groups is 2. The van der Waals surface area contributed by atoms with Gasteiger partial charge in [-0.1, -0.05) is 95.0 Å². The number of primary amides is 1. The van der Waals surface area contributed by atoms with Gasteiger partial charge >= 0.3 is 29.6 Å². The maximum absolute atomic E-state index is 12.8. The molecule has 0 heterocycles. The van der Waals surface area contributed by atoms with Gasteiger partial charge in [0.1, 0.15) is 13.1 Å². The smallest absolute Gasteiger partial charge is 0.748 e. The average Bonchev–Trinajstić information content (AvgIpc) is 2.52. The summed E-state index contributed by atoms with van der Waals surface area (Å²) in [5, 5.41) is 11.7. The standard InChI is InChI=1S/C20H42N4O6S.10CH4.Na/c1-9-15(18(21)26)10-17(31(28,29)30)11-20(2,3)19(27)22-14-24(7,8)13-16(25)12-23(4,5)6;;;;;;;;;;;/h15-17,25H,9-14H2,1-8H3,(H2-2,21,22,26,27,28,29,30);10*1H4;/q;;;;;;;;;;;+1/p+1. The number of likely N-dealkylation sites (N-methyl/N-ethyl adjacent to an activating group) is 2. The fourth-order valence-corrected chi connectivity index (χ4v) is 4.71. The van der Waals surface area contributed by atoms with Crippen LogP contribution in [0.15, 0.2) is 0 Å². The Morgan fingerprint density at radius 3 is 1.55 bits per heavy atom. The molecule has 0 bridgehead atoms. The van der Waals surface area contributed by atoms with Gasteiger partial charge in [0.15, 0.2) is 12.8 Å². The molecular formula is C30H83N4NaO6S+2. The number of amides is 2. The van der Waals surface area contributed by atoms with E-state index in [0.29, 0.717) is 28.5 Å². The number of hydrogen-bond donors (Lipinski definition) is 3. The van der Waals surface area contributed by atoms with Crippen molar-refractivity contribution in [2.45, 2.75) is 126 Å². The third kappa shape index (κ3) is 32.6. The first-order chi connectivity index (χ1) is 13.7. The van der Waals surface area contributed by atoms with Gasteiger partial charge in [0.2, 0.25) is 11.8 Å². The molecular weight excluding hydrogens is 567 g/mol. The first kappa shape index (κ1) is 78.3. The Kier molecular flexibility index (Phi) is 57.3. The molecule has 12 heteroatoms. The summed E-state index contributed by atoms with van der Waals surface area (Å²) in [5.74, 6) is -1.81. The molecule has 0 aromatic rings. The summed E-state index contributed by atoms with van der Waals surface area (Å²) in [7, 11) is 4.96. The molecule has 0 aromatic carbocycles. The van der Waals surface area contributed by atoms with Crippen LogP contribution in [0, 0.1) is 11.3 Å². The number of rotatable bonds is 14. The van der Waals surface area contributed by atoms with E-state index in [1.54, 1.807) is 20.8 Å². The average molecular weight is 651 g/mol. The molecule has 0 rings (SSSR count). The largest absolute Gasteiger partial charge is 1.00 e. The fourth-order valence-electron chi connectivity index (χ4n) is 3.62. The molecule has 3 unspecified atom stereocenters. The molecule has 0 aromatic heterocycles. The van der Waals surface area contributed by atoms with Crippen molar-refractivity contribution in [1.82, 2.24) is 5.32 Å². The van der Waals surface area contributed by atoms with Crippen molar-refractivity contribution in [2.24, 2.45) is 17.1 Å². The quantitative estimate of drug-likeness (QED) is 0.114. The summed E-state index contributed by atoms with van der Waals surface area (Å²) >= 11 is 0. The molecule has 0 radical (unpaired) electrons. The van der Waals surface area contributed by atoms with Crippen LogP contribution >= 0.6 is 0 Å². The van der Waals surface area contributed by atoms with Crippen molar-refractivity contribution in [3.05, 3.63) is 0 Å². The van der Waals surface area contributed by atoms with Gasteiger partial charge in [-0.3, -0.25) is 9.59 Å². The topological polar surface area (TPSA) is 150 Å². The molecule has 0 saturated heterocycles. The van der Waals surface area contributed by atoms with Gasteiger partial charge in [0.05, 0.1) is 50.6 Å². The number of aliphatic hydroxyl groups excluding tert-OH is 1. The molecule has 3 atom stereocenters. The second kappa shape index (κ2) is 30.7. The van der Waals surface area contributed by atoms with Crippen molar-refractivity contribution in [2.75, 3.05) is 55.0 Å². The van der Waals surface area contributed by atoms with Gasteiger partial charge in [-0.2, -0.15) is 0 Å². The Labute approximate surface area is 289 Å². The Bertz CT molecular complexity index is 728. The molecule has 0 aliphatic rings. The van der Waals surface area contributed by atoms with Crippen LogP contribution in [0.25, 0.3) is 0 Å². The first-order valence-electron chi connectivity index (χ1n) is 10.5. The van der Waals surface area contributed by atoms with Gasteiger partial charge in [0.25, 0.3) is 0 Å². The van der Waals surface area contributed by atoms with Crippen LogP contribution in [0.3, 0.4) is 0 Å². The number of aliphatic hydroxyl groups is 1. The van der Waals surface area contributed by atoms with E-state index in [1.807, 2.05) is 35.2 Å². The monoisotopic (exact) mass is 651 g/mol. The maximum Gasteiger partial charge on any atom is 1.00 e. The second-order valence-corrected chi connectivity index (χ2v) is 12.5. The Balaban J connectivity index is -0.0000000818. The van der Waals surface area contributed by atoms with Crippen molar-refractivity contribution >= 4 is 21.9 Å². The maximum atomic E-state index is 12.8. The summed E-state index contributed by atoms with van der Waals surface area (Å²) in [4.78, 5) is 24.3. The predicted octanol–water partition coefficient (Wildman–Crippen LogP) is 2.80. The van der Waals surface area contributed by atoms with Gasteiger partial charge in [-0.15, -0.1) is 0 Å². The molecule has 4 N–H and O–H groups in total. The van der Waals surface area contributed by atoms with E-state index in [4.69, 9.17) is 5.73 Å². The zero-order valence-corrected chi connectivity index (χ0v) is 24.2. The van der Waals surface area contributed by atoms with Crippen LogP contribution in [-0.4, -0.2) is 105 Å². The minimum atomic E-state index is -4.72. The first-order valence-corrected chi connectivity index (χ1v) is 12.0. The third-order valence-corrected chi connectivity index (χ3v) is 6.51. The molecule has 0 spiro atoms. The van der Waals surface area contributed by atoms with Gasteiger partial charge in [-0.25, -0.2) is 8.42 Å². The van der Waals surface area contributed by atoms with Crippen molar-refractivity contribution in [1.29, 1.82) is 0 Å². The van der Waals surface area contributed by atoms with Crippen LogP contribution in [0.2, 0.25) is 0 Å². The number of nitrogens with one attached hydrogen (secondary N) is 1. The zero-order chi connectivity index (χ0) is 24.8. The molecule has 0 aliphatic heterocycles. The van der Waals surface area contributed by atoms with E-state index in [1.165, 1.54) is 0 Å². The fraction of sp³-hybridized carbons (Fsp3) is 0.933. The summed E-state index contributed by atoms with van der Waals surface area (Å²) in [5.41, 5.74) is 4.14. The number of carbonyl (C=O) groups excluding carboxylic acids is 2. The van der Waals surface area contributed by atoms with Crippen molar-refractivity contribution < 1.29 is 66.2 Å². The van der Waals surface area contributed by atoms with E-state index in [-0.39, 0.29) is 123 Å². The second-order valence-electron chi connectivity index (χ2n) is 10.9. The van der Waals surface area contributed by atoms with Gasteiger partial charge in [-0.05, 0) is 19.3 Å². The van der Waals surface area contributed by atoms with Crippen molar-refractivity contribution in [3.8, 4) is 0 Å². The van der Waals surface area contributed by atoms with Crippen LogP contribution < -0.4 is 40.6 Å². The van der Waals surface area contributed by atoms with Crippen LogP contribution in [0.4, 0.5) is 0 Å². The SMILES string of the molecule is C.C.C.C.C.C.C.C.C.C.CCC(CC(CC(C)(C)C(=O)NC[N+](C)(C)CC(O)C[N+](C)(C)C)S(=O)(=O)[O-])C(N)=O.[Na+]. The predicted molar refractivity (Wildman–Crippen MR) is 186 cm³/mol. The summed E-state index contributed by atoms with van der Waals surface area (Å²) in [6, 6.07) is 0. The molecule has 264 valence electrons. The van der Waals surface area contributed by atoms with E-state index in [2.05, 4.69) is 5.32 Å². The van der Waals surface area contributed by atoms with E-state index in [9.17, 15) is 27.7 Å². The summed E-state index contributed by atoms with van der Waals surface area (Å²) in [6.07, 6.45) is -0.663. The van der Waals surface area contributed by atoms with Crippen LogP contribution in [0.1, 0.15) is 114 Å². The number of hydrogen-bond acceptors (Lipinski definition) is 6. The minimum absolute atomic E-state index is 0. The Hall–Kier alpha value is -0.270. The van der Waals surface area contributed by atoms with Crippen molar-refractivity contribution in [3.63, 3.8) is 0 Å². The van der Waals surface area contributed by atoms with E-state index in [0.717, 1.165) is 0 Å². The summed E-state index contributed by atoms with van der Waals surface area (Å²) < 4.78 is 36.3. The summed E-state index contributed by atoms with van der Waals surface area (Å²) in [6.45, 7) is 6.03. The zero-order valence-electron chi connectivity index (χ0n) is 21.3. The van der Waals surface area contributed by atoms with Gasteiger partial charge < -0.3 is 29.7 Å². The minimum Gasteiger partial charge on any atom is -0.748 e. The normalized spacial score (nSPS) is 12.1.